The van der Waals surface area contributed by atoms with E-state index < -0.39 is 0 Å². The van der Waals surface area contributed by atoms with Crippen molar-refractivity contribution in [1.82, 2.24) is 0 Å². The van der Waals surface area contributed by atoms with Crippen LogP contribution in [0.2, 0.25) is 0 Å². The Morgan fingerprint density at radius 1 is 1.12 bits per heavy atom. The van der Waals surface area contributed by atoms with Crippen LogP contribution in [-0.4, -0.2) is 0 Å². The van der Waals surface area contributed by atoms with Crippen molar-refractivity contribution in [2.75, 3.05) is 0 Å². The molecule has 0 fully saturated rings. The van der Waals surface area contributed by atoms with Crippen LogP contribution in [0.25, 0.3) is 0 Å². The second kappa shape index (κ2) is 6.74. The lowest BCUT2D eigenvalue weighted by atomic mass is 10.2. The first kappa shape index (κ1) is 7.74. The zero-order valence-electron chi connectivity index (χ0n) is 5.85. The molecule has 0 rings (SSSR count). The average molecular weight is 111 g/mol. The van der Waals surface area contributed by atoms with Gasteiger partial charge in [-0.15, -0.1) is 0 Å². The van der Waals surface area contributed by atoms with Gasteiger partial charge in [0.2, 0.25) is 0 Å². The van der Waals surface area contributed by atoms with Crippen LogP contribution >= 0.6 is 0 Å². The lowest BCUT2D eigenvalue weighted by Crippen LogP contribution is -1.69. The zero-order chi connectivity index (χ0) is 6.24. The molecular formula is C8H15. The zero-order valence-corrected chi connectivity index (χ0v) is 5.85. The van der Waals surface area contributed by atoms with Gasteiger partial charge in [0.15, 0.2) is 0 Å². The fourth-order valence-electron chi connectivity index (χ4n) is 0.606. The molecule has 8 heavy (non-hydrogen) atoms. The summed E-state index contributed by atoms with van der Waals surface area (Å²) in [7, 11) is 0. The van der Waals surface area contributed by atoms with Gasteiger partial charge in [-0.2, -0.15) is 0 Å². The predicted octanol–water partition coefficient (Wildman–Crippen LogP) is 2.96. The minimum atomic E-state index is 1.24. The molecule has 0 saturated carbocycles. The first-order valence-electron chi connectivity index (χ1n) is 3.30. The monoisotopic (exact) mass is 111 g/mol. The van der Waals surface area contributed by atoms with Gasteiger partial charge in [-0.05, 0) is 26.2 Å². The molecule has 0 unspecified atom stereocenters. The molecule has 1 radical (unpaired) electrons. The maximum atomic E-state index is 2.21. The Morgan fingerprint density at radius 2 is 1.88 bits per heavy atom. The first-order chi connectivity index (χ1) is 3.91. The number of unbranched alkanes of at least 4 members (excludes halogenated alkanes) is 3. The molecule has 0 heteroatoms. The van der Waals surface area contributed by atoms with Gasteiger partial charge in [-0.25, -0.2) is 0 Å². The van der Waals surface area contributed by atoms with Gasteiger partial charge in [0, 0.05) is 0 Å². The van der Waals surface area contributed by atoms with Gasteiger partial charge in [0.1, 0.15) is 0 Å². The van der Waals surface area contributed by atoms with Crippen LogP contribution in [0, 0.1) is 6.42 Å². The summed E-state index contributed by atoms with van der Waals surface area (Å²) < 4.78 is 0. The maximum Gasteiger partial charge on any atom is -0.0351 e. The molecule has 47 valence electrons. The Kier molecular flexibility index (Phi) is 6.52. The van der Waals surface area contributed by atoms with Crippen LogP contribution in [-0.2, 0) is 0 Å². The average Bonchev–Trinajstić information content (AvgIpc) is 1.81. The van der Waals surface area contributed by atoms with Gasteiger partial charge >= 0.3 is 0 Å². The Morgan fingerprint density at radius 3 is 2.38 bits per heavy atom. The minimum Gasteiger partial charge on any atom is -0.0917 e. The fraction of sp³-hybridized carbons (Fsp3) is 0.625. The second-order valence-electron chi connectivity index (χ2n) is 1.91. The highest BCUT2D eigenvalue weighted by Gasteiger charge is 1.78. The van der Waals surface area contributed by atoms with Crippen molar-refractivity contribution in [3.8, 4) is 0 Å². The van der Waals surface area contributed by atoms with Gasteiger partial charge in [0.25, 0.3) is 0 Å². The van der Waals surface area contributed by atoms with Crippen LogP contribution in [0.1, 0.15) is 33.1 Å². The third kappa shape index (κ3) is 5.74. The Balaban J connectivity index is 2.72. The summed E-state index contributed by atoms with van der Waals surface area (Å²) in [4.78, 5) is 0. The maximum absolute atomic E-state index is 2.21. The molecule has 0 aliphatic carbocycles. The quantitative estimate of drug-likeness (QED) is 0.386. The summed E-state index contributed by atoms with van der Waals surface area (Å²) in [6, 6.07) is 0. The lowest BCUT2D eigenvalue weighted by Gasteiger charge is -1.88. The molecule has 0 heterocycles. The van der Waals surface area contributed by atoms with E-state index in [9.17, 15) is 0 Å². The van der Waals surface area contributed by atoms with Crippen molar-refractivity contribution in [3.63, 3.8) is 0 Å². The number of rotatable bonds is 4. The highest BCUT2D eigenvalue weighted by Crippen LogP contribution is 1.97. The van der Waals surface area contributed by atoms with Crippen molar-refractivity contribution >= 4 is 0 Å². The molecule has 0 nitrogen and oxygen atoms in total. The summed E-state index contributed by atoms with van der Waals surface area (Å²) in [5.74, 6) is 0. The summed E-state index contributed by atoms with van der Waals surface area (Å²) in [5.41, 5.74) is 0. The molecule has 0 aliphatic heterocycles. The van der Waals surface area contributed by atoms with Gasteiger partial charge < -0.3 is 0 Å². The van der Waals surface area contributed by atoms with Crippen molar-refractivity contribution in [2.45, 2.75) is 33.1 Å². The van der Waals surface area contributed by atoms with Crippen molar-refractivity contribution in [1.29, 1.82) is 0 Å². The van der Waals surface area contributed by atoms with Crippen molar-refractivity contribution < 1.29 is 0 Å². The van der Waals surface area contributed by atoms with E-state index in [4.69, 9.17) is 0 Å². The molecular weight excluding hydrogens is 96.1 g/mol. The van der Waals surface area contributed by atoms with Crippen LogP contribution in [0.4, 0.5) is 0 Å². The smallest absolute Gasteiger partial charge is 0.0351 e. The molecule has 0 N–H and O–H groups in total. The summed E-state index contributed by atoms with van der Waals surface area (Å²) in [5, 5.41) is 0. The van der Waals surface area contributed by atoms with Crippen LogP contribution in [0.15, 0.2) is 12.2 Å². The highest BCUT2D eigenvalue weighted by atomic mass is 13.8. The normalized spacial score (nSPS) is 10.8. The predicted molar refractivity (Wildman–Crippen MR) is 38.6 cm³/mol. The number of hydrogen-bond donors (Lipinski definition) is 0. The molecule has 0 spiro atoms. The van der Waals surface area contributed by atoms with E-state index in [2.05, 4.69) is 32.4 Å². The van der Waals surface area contributed by atoms with Crippen LogP contribution < -0.4 is 0 Å². The highest BCUT2D eigenvalue weighted by molar-refractivity contribution is 4.76. The molecule has 0 amide bonds. The molecule has 0 aliphatic rings. The Bertz CT molecular complexity index is 53.1. The Labute approximate surface area is 52.6 Å². The number of hydrogen-bond acceptors (Lipinski definition) is 0. The summed E-state index contributed by atoms with van der Waals surface area (Å²) >= 11 is 0. The van der Waals surface area contributed by atoms with E-state index in [1.165, 1.54) is 19.3 Å². The Hall–Kier alpha value is -0.260. The third-order valence-corrected chi connectivity index (χ3v) is 1.10. The number of allylic oxidation sites excluding steroid dienone is 2. The summed E-state index contributed by atoms with van der Waals surface area (Å²) in [6.07, 6.45) is 10.3. The molecule has 0 saturated heterocycles. The lowest BCUT2D eigenvalue weighted by molar-refractivity contribution is 0.827. The molecule has 0 aromatic rings. The molecule has 0 aromatic heterocycles. The van der Waals surface area contributed by atoms with Crippen LogP contribution in [0.5, 0.6) is 0 Å². The van der Waals surface area contributed by atoms with Gasteiger partial charge in [-0.3, -0.25) is 0 Å². The van der Waals surface area contributed by atoms with E-state index in [0.717, 1.165) is 0 Å². The van der Waals surface area contributed by atoms with Crippen molar-refractivity contribution in [2.24, 2.45) is 0 Å². The summed E-state index contributed by atoms with van der Waals surface area (Å²) in [6.45, 7) is 4.17. The van der Waals surface area contributed by atoms with E-state index in [1.807, 2.05) is 0 Å². The second-order valence-corrected chi connectivity index (χ2v) is 1.91. The van der Waals surface area contributed by atoms with E-state index >= 15 is 0 Å². The topological polar surface area (TPSA) is 0 Å². The molecule has 0 bridgehead atoms. The van der Waals surface area contributed by atoms with E-state index in [1.54, 1.807) is 0 Å². The molecule has 0 aromatic carbocycles. The van der Waals surface area contributed by atoms with Gasteiger partial charge in [0.05, 0.1) is 0 Å². The largest absolute Gasteiger partial charge is 0.0917 e. The minimum absolute atomic E-state index is 1.24. The van der Waals surface area contributed by atoms with Crippen molar-refractivity contribution in [3.05, 3.63) is 18.6 Å². The third-order valence-electron chi connectivity index (χ3n) is 1.10. The van der Waals surface area contributed by atoms with E-state index in [-0.39, 0.29) is 0 Å². The standard InChI is InChI=1S/C8H15/c1-3-5-7-8-6-4-2/h3-5H,6-8H2,1-2H3. The first-order valence-corrected chi connectivity index (χ1v) is 3.30. The molecule has 0 atom stereocenters. The van der Waals surface area contributed by atoms with E-state index in [0.29, 0.717) is 0 Å². The fourth-order valence-corrected chi connectivity index (χ4v) is 0.606. The SMILES string of the molecule is C[CH]CCCC=CC. The van der Waals surface area contributed by atoms with Crippen LogP contribution in [0.3, 0.4) is 0 Å². The van der Waals surface area contributed by atoms with Gasteiger partial charge in [-0.1, -0.05) is 25.5 Å².